The lowest BCUT2D eigenvalue weighted by Gasteiger charge is -2.06. The summed E-state index contributed by atoms with van der Waals surface area (Å²) in [6.07, 6.45) is -0.291. The first-order valence-electron chi connectivity index (χ1n) is 5.02. The summed E-state index contributed by atoms with van der Waals surface area (Å²) in [4.78, 5) is 21.7. The fourth-order valence-electron chi connectivity index (χ4n) is 1.43. The quantitative estimate of drug-likeness (QED) is 0.483. The van der Waals surface area contributed by atoms with Gasteiger partial charge in [0.2, 0.25) is 0 Å². The molecule has 0 radical (unpaired) electrons. The van der Waals surface area contributed by atoms with E-state index in [4.69, 9.17) is 10.00 Å². The highest BCUT2D eigenvalue weighted by molar-refractivity contribution is 9.10. The summed E-state index contributed by atoms with van der Waals surface area (Å²) in [7, 11) is 0. The number of carbonyl (C=O) groups is 1. The van der Waals surface area contributed by atoms with Gasteiger partial charge in [-0.1, -0.05) is 15.9 Å². The Bertz CT molecular complexity index is 537. The van der Waals surface area contributed by atoms with Crippen LogP contribution in [0.2, 0.25) is 0 Å². The second-order valence-corrected chi connectivity index (χ2v) is 4.22. The number of halogens is 1. The molecule has 0 aliphatic carbocycles. The minimum atomic E-state index is -0.625. The normalized spacial score (nSPS) is 9.61. The summed E-state index contributed by atoms with van der Waals surface area (Å²) >= 11 is 3.08. The van der Waals surface area contributed by atoms with Gasteiger partial charge in [0, 0.05) is 10.5 Å². The number of benzene rings is 1. The van der Waals surface area contributed by atoms with Crippen molar-refractivity contribution in [2.24, 2.45) is 0 Å². The van der Waals surface area contributed by atoms with E-state index in [0.29, 0.717) is 4.47 Å². The Morgan fingerprint density at radius 2 is 2.28 bits per heavy atom. The lowest BCUT2D eigenvalue weighted by molar-refractivity contribution is -0.385. The molecule has 94 valence electrons. The van der Waals surface area contributed by atoms with E-state index in [0.717, 1.165) is 0 Å². The molecular weight excluding hydrogens is 304 g/mol. The van der Waals surface area contributed by atoms with Crippen LogP contribution in [0.3, 0.4) is 0 Å². The number of hydrogen-bond donors (Lipinski definition) is 0. The number of nitrogens with zero attached hydrogens (tertiary/aromatic N) is 2. The topological polar surface area (TPSA) is 93.2 Å². The molecule has 0 N–H and O–H groups in total. The third-order valence-electron chi connectivity index (χ3n) is 2.13. The first-order valence-corrected chi connectivity index (χ1v) is 5.81. The lowest BCUT2D eigenvalue weighted by Crippen LogP contribution is -2.10. The Labute approximate surface area is 111 Å². The molecule has 0 saturated carbocycles. The van der Waals surface area contributed by atoms with Crippen molar-refractivity contribution < 1.29 is 14.5 Å². The summed E-state index contributed by atoms with van der Waals surface area (Å²) in [5, 5.41) is 19.9. The van der Waals surface area contributed by atoms with Crippen LogP contribution in [-0.2, 0) is 16.0 Å². The monoisotopic (exact) mass is 312 g/mol. The van der Waals surface area contributed by atoms with Crippen molar-refractivity contribution in [3.63, 3.8) is 0 Å². The van der Waals surface area contributed by atoms with Gasteiger partial charge in [0.15, 0.2) is 0 Å². The molecule has 0 aliphatic heterocycles. The zero-order valence-corrected chi connectivity index (χ0v) is 11.1. The Kier molecular flexibility index (Phi) is 4.80. The van der Waals surface area contributed by atoms with Crippen LogP contribution >= 0.6 is 15.9 Å². The van der Waals surface area contributed by atoms with Crippen LogP contribution in [0, 0.1) is 21.4 Å². The maximum atomic E-state index is 11.4. The Hall–Kier alpha value is -1.94. The smallest absolute Gasteiger partial charge is 0.310 e. The highest BCUT2D eigenvalue weighted by Crippen LogP contribution is 2.28. The van der Waals surface area contributed by atoms with Gasteiger partial charge in [0.1, 0.15) is 0 Å². The van der Waals surface area contributed by atoms with E-state index >= 15 is 0 Å². The first kappa shape index (κ1) is 14.1. The number of ether oxygens (including phenoxy) is 1. The minimum absolute atomic E-state index is 0.0733. The van der Waals surface area contributed by atoms with Gasteiger partial charge >= 0.3 is 5.97 Å². The van der Waals surface area contributed by atoms with E-state index < -0.39 is 10.9 Å². The van der Waals surface area contributed by atoms with Gasteiger partial charge in [0.05, 0.1) is 35.1 Å². The van der Waals surface area contributed by atoms with Crippen LogP contribution in [0.1, 0.15) is 18.1 Å². The fraction of sp³-hybridized carbons (Fsp3) is 0.273. The summed E-state index contributed by atoms with van der Waals surface area (Å²) in [5.74, 6) is -0.598. The molecule has 0 fully saturated rings. The molecule has 1 aromatic carbocycles. The van der Waals surface area contributed by atoms with Crippen LogP contribution < -0.4 is 0 Å². The molecule has 0 bridgehead atoms. The summed E-state index contributed by atoms with van der Waals surface area (Å²) in [5.41, 5.74) is -0.109. The number of nitro groups is 1. The molecule has 0 heterocycles. The second-order valence-electron chi connectivity index (χ2n) is 3.30. The molecule has 0 saturated heterocycles. The molecule has 7 heteroatoms. The third-order valence-corrected chi connectivity index (χ3v) is 2.59. The highest BCUT2D eigenvalue weighted by Gasteiger charge is 2.22. The van der Waals surface area contributed by atoms with Gasteiger partial charge in [0.25, 0.3) is 5.69 Å². The van der Waals surface area contributed by atoms with Crippen molar-refractivity contribution in [2.75, 3.05) is 6.61 Å². The number of carbonyl (C=O) groups excluding carboxylic acids is 1. The fourth-order valence-corrected chi connectivity index (χ4v) is 1.87. The molecule has 0 spiro atoms. The summed E-state index contributed by atoms with van der Waals surface area (Å²) < 4.78 is 5.14. The average molecular weight is 313 g/mol. The zero-order chi connectivity index (χ0) is 13.7. The molecule has 1 rings (SSSR count). The number of nitro benzene ring substituents is 1. The molecule has 0 amide bonds. The number of nitriles is 1. The maximum Gasteiger partial charge on any atom is 0.310 e. The Morgan fingerprint density at radius 3 is 2.78 bits per heavy atom. The predicted octanol–water partition coefficient (Wildman–Crippen LogP) is 2.33. The van der Waals surface area contributed by atoms with Crippen molar-refractivity contribution in [2.45, 2.75) is 13.3 Å². The van der Waals surface area contributed by atoms with E-state index in [1.807, 2.05) is 6.07 Å². The van der Waals surface area contributed by atoms with Crippen molar-refractivity contribution in [1.82, 2.24) is 0 Å². The predicted molar refractivity (Wildman–Crippen MR) is 65.8 cm³/mol. The summed E-state index contributed by atoms with van der Waals surface area (Å²) in [6.45, 7) is 1.82. The first-order chi connectivity index (χ1) is 8.49. The minimum Gasteiger partial charge on any atom is -0.466 e. The van der Waals surface area contributed by atoms with Crippen LogP contribution in [0.25, 0.3) is 0 Å². The molecule has 0 unspecified atom stereocenters. The zero-order valence-electron chi connectivity index (χ0n) is 9.47. The van der Waals surface area contributed by atoms with Gasteiger partial charge in [-0.05, 0) is 13.0 Å². The van der Waals surface area contributed by atoms with Gasteiger partial charge in [-0.15, -0.1) is 0 Å². The van der Waals surface area contributed by atoms with Gasteiger partial charge in [-0.2, -0.15) is 5.26 Å². The molecule has 0 aliphatic rings. The van der Waals surface area contributed by atoms with Gasteiger partial charge in [-0.3, -0.25) is 14.9 Å². The van der Waals surface area contributed by atoms with E-state index in [-0.39, 0.29) is 29.8 Å². The average Bonchev–Trinajstić information content (AvgIpc) is 2.30. The van der Waals surface area contributed by atoms with E-state index in [1.165, 1.54) is 12.1 Å². The lowest BCUT2D eigenvalue weighted by atomic mass is 10.0. The largest absolute Gasteiger partial charge is 0.466 e. The molecule has 0 atom stereocenters. The van der Waals surface area contributed by atoms with Gasteiger partial charge in [-0.25, -0.2) is 0 Å². The van der Waals surface area contributed by atoms with Crippen LogP contribution in [0.4, 0.5) is 5.69 Å². The number of esters is 1. The Morgan fingerprint density at radius 1 is 1.61 bits per heavy atom. The van der Waals surface area contributed by atoms with Gasteiger partial charge < -0.3 is 4.74 Å². The van der Waals surface area contributed by atoms with Crippen molar-refractivity contribution >= 4 is 27.6 Å². The summed E-state index contributed by atoms with van der Waals surface area (Å²) in [6, 6.07) is 4.53. The van der Waals surface area contributed by atoms with Crippen molar-refractivity contribution in [3.8, 4) is 6.07 Å². The molecule has 0 aromatic heterocycles. The Balaban J connectivity index is 3.26. The van der Waals surface area contributed by atoms with Crippen molar-refractivity contribution in [3.05, 3.63) is 37.8 Å². The third kappa shape index (κ3) is 3.28. The molecule has 6 nitrogen and oxygen atoms in total. The van der Waals surface area contributed by atoms with Crippen LogP contribution in [0.5, 0.6) is 0 Å². The SMILES string of the molecule is CCOC(=O)Cc1c(C#N)cc(Br)cc1[N+](=O)[O-]. The molecule has 18 heavy (non-hydrogen) atoms. The second kappa shape index (κ2) is 6.12. The van der Waals surface area contributed by atoms with E-state index in [2.05, 4.69) is 15.9 Å². The number of hydrogen-bond acceptors (Lipinski definition) is 5. The standard InChI is InChI=1S/C11H9BrN2O4/c1-2-18-11(15)5-9-7(6-13)3-8(12)4-10(9)14(16)17/h3-4H,2,5H2,1H3. The van der Waals surface area contributed by atoms with Crippen LogP contribution in [-0.4, -0.2) is 17.5 Å². The maximum absolute atomic E-state index is 11.4. The van der Waals surface area contributed by atoms with Crippen LogP contribution in [0.15, 0.2) is 16.6 Å². The van der Waals surface area contributed by atoms with E-state index in [9.17, 15) is 14.9 Å². The number of rotatable bonds is 4. The molecule has 1 aromatic rings. The molecular formula is C11H9BrN2O4. The highest BCUT2D eigenvalue weighted by atomic mass is 79.9. The van der Waals surface area contributed by atoms with E-state index in [1.54, 1.807) is 6.92 Å². The van der Waals surface area contributed by atoms with Crippen molar-refractivity contribution in [1.29, 1.82) is 5.26 Å².